The molecule has 1 heterocycles. The molecule has 2 aromatic carbocycles. The van der Waals surface area contributed by atoms with Gasteiger partial charge in [-0.3, -0.25) is 24.0 Å². The fourth-order valence-corrected chi connectivity index (χ4v) is 7.57. The number of methoxy groups -OCH3 is 3. The zero-order valence-electron chi connectivity index (χ0n) is 24.2. The lowest BCUT2D eigenvalue weighted by molar-refractivity contribution is -0.143. The average Bonchev–Trinajstić information content (AvgIpc) is 3.06. The van der Waals surface area contributed by atoms with Crippen molar-refractivity contribution in [2.24, 2.45) is 0 Å². The monoisotopic (exact) mass is 576 g/mol. The molecule has 0 aliphatic carbocycles. The van der Waals surface area contributed by atoms with Gasteiger partial charge in [-0.05, 0) is 30.5 Å². The van der Waals surface area contributed by atoms with Crippen LogP contribution in [0.3, 0.4) is 0 Å². The summed E-state index contributed by atoms with van der Waals surface area (Å²) in [5.74, 6) is -0.135. The number of carbonyl (C=O) groups is 2. The molecule has 0 unspecified atom stereocenters. The molecule has 1 aliphatic heterocycles. The Morgan fingerprint density at radius 3 is 2.27 bits per heavy atom. The van der Waals surface area contributed by atoms with Crippen molar-refractivity contribution in [3.8, 4) is 5.75 Å². The number of carbonyl (C=O) groups excluding carboxylic acids is 2. The summed E-state index contributed by atoms with van der Waals surface area (Å²) in [6.07, 6.45) is 3.49. The van der Waals surface area contributed by atoms with Crippen LogP contribution in [0.5, 0.6) is 5.75 Å². The van der Waals surface area contributed by atoms with Gasteiger partial charge in [0.05, 0.1) is 50.9 Å². The van der Waals surface area contributed by atoms with Gasteiger partial charge in [0.2, 0.25) is 0 Å². The van der Waals surface area contributed by atoms with Gasteiger partial charge < -0.3 is 19.5 Å². The minimum absolute atomic E-state index is 0.0233. The van der Waals surface area contributed by atoms with Gasteiger partial charge in [0.25, 0.3) is 0 Å². The van der Waals surface area contributed by atoms with Crippen molar-refractivity contribution >= 4 is 22.5 Å². The number of fused-ring (bicyclic) bond motifs is 1. The zero-order chi connectivity index (χ0) is 29.3. The van der Waals surface area contributed by atoms with E-state index in [4.69, 9.17) is 14.2 Å². The van der Waals surface area contributed by atoms with Crippen molar-refractivity contribution in [2.45, 2.75) is 81.4 Å². The zero-order valence-corrected chi connectivity index (χ0v) is 25.0. The van der Waals surface area contributed by atoms with Gasteiger partial charge >= 0.3 is 11.9 Å². The van der Waals surface area contributed by atoms with Crippen molar-refractivity contribution in [1.29, 1.82) is 0 Å². The SMILES string of the molecule is CCCC[C@]1(CC)CS(O)(O)c2cc(CNC(CC(=O)OC)CC(=O)OC)c(OC)cc2[C@H](c2ccccc2)N1. The Kier molecular flexibility index (Phi) is 11.4. The Bertz CT molecular complexity index is 1130. The minimum Gasteiger partial charge on any atom is -0.496 e. The van der Waals surface area contributed by atoms with E-state index in [1.165, 1.54) is 14.2 Å². The van der Waals surface area contributed by atoms with E-state index in [9.17, 15) is 18.7 Å². The van der Waals surface area contributed by atoms with Gasteiger partial charge in [0.15, 0.2) is 0 Å². The molecule has 2 atom stereocenters. The van der Waals surface area contributed by atoms with E-state index in [0.29, 0.717) is 16.2 Å². The Balaban J connectivity index is 2.08. The summed E-state index contributed by atoms with van der Waals surface area (Å²) in [5.41, 5.74) is 2.01. The molecule has 1 aliphatic rings. The molecule has 222 valence electrons. The highest BCUT2D eigenvalue weighted by atomic mass is 32.3. The molecule has 40 heavy (non-hydrogen) atoms. The maximum absolute atomic E-state index is 12.0. The van der Waals surface area contributed by atoms with Crippen molar-refractivity contribution in [3.05, 3.63) is 59.2 Å². The predicted octanol–water partition coefficient (Wildman–Crippen LogP) is 5.42. The molecule has 2 aromatic rings. The van der Waals surface area contributed by atoms with Gasteiger partial charge in [0.1, 0.15) is 5.75 Å². The summed E-state index contributed by atoms with van der Waals surface area (Å²) >= 11 is 0. The fraction of sp³-hybridized carbons (Fsp3) is 0.533. The first-order chi connectivity index (χ1) is 19.1. The van der Waals surface area contributed by atoms with Crippen molar-refractivity contribution in [2.75, 3.05) is 27.1 Å². The quantitative estimate of drug-likeness (QED) is 0.231. The number of rotatable bonds is 13. The Hall–Kier alpha value is -2.63. The van der Waals surface area contributed by atoms with Gasteiger partial charge in [-0.1, -0.05) is 57.0 Å². The lowest BCUT2D eigenvalue weighted by Crippen LogP contribution is -2.49. The molecule has 0 saturated carbocycles. The number of ether oxygens (including phenoxy) is 3. The van der Waals surface area contributed by atoms with E-state index in [-0.39, 0.29) is 31.2 Å². The largest absolute Gasteiger partial charge is 0.496 e. The molecule has 0 saturated heterocycles. The minimum atomic E-state index is -3.20. The number of hydrogen-bond acceptors (Lipinski definition) is 9. The number of benzene rings is 2. The number of hydrogen-bond donors (Lipinski definition) is 4. The molecule has 10 heteroatoms. The summed E-state index contributed by atoms with van der Waals surface area (Å²) in [5, 5.41) is 7.08. The third kappa shape index (κ3) is 7.76. The van der Waals surface area contributed by atoms with Crippen LogP contribution in [0.2, 0.25) is 0 Å². The molecule has 3 rings (SSSR count). The molecule has 0 aromatic heterocycles. The van der Waals surface area contributed by atoms with Crippen LogP contribution >= 0.6 is 10.6 Å². The normalized spacial score (nSPS) is 20.8. The molecular weight excluding hydrogens is 532 g/mol. The van der Waals surface area contributed by atoms with Crippen molar-refractivity contribution in [1.82, 2.24) is 10.6 Å². The Morgan fingerprint density at radius 2 is 1.73 bits per heavy atom. The molecule has 0 bridgehead atoms. The summed E-state index contributed by atoms with van der Waals surface area (Å²) < 4.78 is 38.8. The van der Waals surface area contributed by atoms with Crippen LogP contribution in [0.4, 0.5) is 0 Å². The van der Waals surface area contributed by atoms with Crippen LogP contribution in [0.1, 0.15) is 75.1 Å². The summed E-state index contributed by atoms with van der Waals surface area (Å²) in [6, 6.07) is 12.9. The van der Waals surface area contributed by atoms with E-state index in [1.54, 1.807) is 13.2 Å². The van der Waals surface area contributed by atoms with Gasteiger partial charge in [0, 0.05) is 29.3 Å². The van der Waals surface area contributed by atoms with E-state index in [1.807, 2.05) is 36.4 Å². The molecule has 0 radical (unpaired) electrons. The summed E-state index contributed by atoms with van der Waals surface area (Å²) in [6.45, 7) is 4.46. The van der Waals surface area contributed by atoms with E-state index >= 15 is 0 Å². The highest BCUT2D eigenvalue weighted by molar-refractivity contribution is 8.24. The van der Waals surface area contributed by atoms with Crippen LogP contribution in [-0.2, 0) is 25.6 Å². The fourth-order valence-electron chi connectivity index (χ4n) is 5.33. The summed E-state index contributed by atoms with van der Waals surface area (Å²) in [7, 11) is 0.972. The van der Waals surface area contributed by atoms with Crippen LogP contribution in [0.25, 0.3) is 0 Å². The highest BCUT2D eigenvalue weighted by Crippen LogP contribution is 2.58. The molecule has 0 fully saturated rings. The van der Waals surface area contributed by atoms with Gasteiger partial charge in [-0.25, -0.2) is 0 Å². The molecule has 0 spiro atoms. The van der Waals surface area contributed by atoms with E-state index < -0.39 is 34.1 Å². The van der Waals surface area contributed by atoms with Crippen molar-refractivity contribution < 1.29 is 32.9 Å². The number of unbranched alkanes of at least 4 members (excludes halogenated alkanes) is 1. The third-order valence-electron chi connectivity index (χ3n) is 7.69. The number of esters is 2. The second-order valence-electron chi connectivity index (χ2n) is 10.4. The van der Waals surface area contributed by atoms with Crippen LogP contribution in [0.15, 0.2) is 47.4 Å². The first-order valence-electron chi connectivity index (χ1n) is 13.8. The topological polar surface area (TPSA) is 126 Å². The standard InChI is InChI=1S/C30H44N2O7S/c1-6-8-14-30(7-2)20-40(35,36)26-15-22(19-31-23(16-27(33)38-4)17-28(34)39-5)25(37-3)18-24(26)29(32-30)21-12-10-9-11-13-21/h9-13,15,18,23,29,31-32,35-36H,6-8,14,16-17,19-20H2,1-5H3/t29-,30+/m0/s1. The first kappa shape index (κ1) is 31.9. The number of nitrogens with one attached hydrogen (secondary N) is 2. The average molecular weight is 577 g/mol. The van der Waals surface area contributed by atoms with E-state index in [0.717, 1.165) is 36.8 Å². The molecule has 4 N–H and O–H groups in total. The Labute approximate surface area is 239 Å². The van der Waals surface area contributed by atoms with Crippen LogP contribution in [-0.4, -0.2) is 59.7 Å². The van der Waals surface area contributed by atoms with Gasteiger partial charge in [-0.2, -0.15) is 10.6 Å². The van der Waals surface area contributed by atoms with Gasteiger partial charge in [-0.15, -0.1) is 0 Å². The smallest absolute Gasteiger partial charge is 0.307 e. The van der Waals surface area contributed by atoms with Crippen LogP contribution < -0.4 is 15.4 Å². The third-order valence-corrected chi connectivity index (χ3v) is 9.70. The maximum Gasteiger partial charge on any atom is 0.307 e. The lowest BCUT2D eigenvalue weighted by atomic mass is 9.88. The van der Waals surface area contributed by atoms with Crippen molar-refractivity contribution in [3.63, 3.8) is 0 Å². The molecule has 9 nitrogen and oxygen atoms in total. The molecular formula is C30H44N2O7S. The molecule has 0 amide bonds. The van der Waals surface area contributed by atoms with E-state index in [2.05, 4.69) is 24.5 Å². The maximum atomic E-state index is 12.0. The van der Waals surface area contributed by atoms with Crippen LogP contribution in [0, 0.1) is 0 Å². The summed E-state index contributed by atoms with van der Waals surface area (Å²) in [4.78, 5) is 24.4. The first-order valence-corrected chi connectivity index (χ1v) is 15.5. The Morgan fingerprint density at radius 1 is 1.07 bits per heavy atom. The highest BCUT2D eigenvalue weighted by Gasteiger charge is 2.42. The second kappa shape index (κ2) is 14.3. The second-order valence-corrected chi connectivity index (χ2v) is 12.4. The predicted molar refractivity (Wildman–Crippen MR) is 157 cm³/mol. The lowest BCUT2D eigenvalue weighted by Gasteiger charge is -2.42.